The van der Waals surface area contributed by atoms with E-state index in [0.29, 0.717) is 0 Å². The summed E-state index contributed by atoms with van der Waals surface area (Å²) in [7, 11) is 1.27. The van der Waals surface area contributed by atoms with Crippen LogP contribution in [0.5, 0.6) is 0 Å². The number of alkyl halides is 3. The number of halogens is 3. The second-order valence-electron chi connectivity index (χ2n) is 5.22. The van der Waals surface area contributed by atoms with Crippen molar-refractivity contribution >= 4 is 6.09 Å². The summed E-state index contributed by atoms with van der Waals surface area (Å²) in [4.78, 5) is 12.6. The van der Waals surface area contributed by atoms with Crippen LogP contribution in [0.3, 0.4) is 0 Å². The number of carbonyl (C=O) groups excluding carboxylic acids is 1. The molecule has 0 spiro atoms. The summed E-state index contributed by atoms with van der Waals surface area (Å²) in [6, 6.07) is -1.08. The highest BCUT2D eigenvalue weighted by molar-refractivity contribution is 5.68. The Labute approximate surface area is 105 Å². The summed E-state index contributed by atoms with van der Waals surface area (Å²) >= 11 is 0. The minimum Gasteiger partial charge on any atom is -0.444 e. The van der Waals surface area contributed by atoms with Gasteiger partial charge in [-0.05, 0) is 27.7 Å². The molecule has 108 valence electrons. The molecule has 1 amide bonds. The van der Waals surface area contributed by atoms with Gasteiger partial charge < -0.3 is 15.4 Å². The number of carbonyl (C=O) groups is 1. The highest BCUT2D eigenvalue weighted by Crippen LogP contribution is 2.30. The molecule has 0 aliphatic rings. The number of hydrogen-bond acceptors (Lipinski definition) is 3. The maximum atomic E-state index is 12.7. The number of rotatable bonds is 3. The van der Waals surface area contributed by atoms with Crippen molar-refractivity contribution in [3.63, 3.8) is 0 Å². The predicted octanol–water partition coefficient (Wildman–Crippen LogP) is 2.38. The molecule has 0 aromatic rings. The van der Waals surface area contributed by atoms with Crippen LogP contribution in [0.1, 0.15) is 27.7 Å². The molecule has 0 aliphatic heterocycles. The van der Waals surface area contributed by atoms with Crippen LogP contribution in [-0.4, -0.2) is 42.4 Å². The lowest BCUT2D eigenvalue weighted by Gasteiger charge is -2.33. The van der Waals surface area contributed by atoms with Gasteiger partial charge in [-0.15, -0.1) is 0 Å². The van der Waals surface area contributed by atoms with Crippen molar-refractivity contribution in [2.45, 2.75) is 45.5 Å². The number of ether oxygens (including phenoxy) is 1. The smallest absolute Gasteiger partial charge is 0.410 e. The monoisotopic (exact) mass is 270 g/mol. The molecule has 2 unspecified atom stereocenters. The molecule has 0 aromatic heterocycles. The number of hydrogen-bond donors (Lipinski definition) is 1. The van der Waals surface area contributed by atoms with E-state index in [1.807, 2.05) is 0 Å². The molecule has 0 heterocycles. The van der Waals surface area contributed by atoms with Gasteiger partial charge in [0.1, 0.15) is 5.60 Å². The van der Waals surface area contributed by atoms with Gasteiger partial charge in [0, 0.05) is 19.6 Å². The molecule has 7 heteroatoms. The van der Waals surface area contributed by atoms with Gasteiger partial charge in [-0.2, -0.15) is 13.2 Å². The Balaban J connectivity index is 4.77. The Hall–Kier alpha value is -0.980. The summed E-state index contributed by atoms with van der Waals surface area (Å²) in [5, 5.41) is 0. The van der Waals surface area contributed by atoms with Gasteiger partial charge in [0.25, 0.3) is 0 Å². The lowest BCUT2D eigenvalue weighted by atomic mass is 10.00. The van der Waals surface area contributed by atoms with Crippen LogP contribution in [0.15, 0.2) is 0 Å². The summed E-state index contributed by atoms with van der Waals surface area (Å²) in [5.74, 6) is -1.77. The van der Waals surface area contributed by atoms with E-state index >= 15 is 0 Å². The number of amides is 1. The molecule has 2 N–H and O–H groups in total. The van der Waals surface area contributed by atoms with Crippen LogP contribution in [-0.2, 0) is 4.74 Å². The molecule has 2 atom stereocenters. The first-order valence-corrected chi connectivity index (χ1v) is 5.62. The van der Waals surface area contributed by atoms with Gasteiger partial charge in [0.2, 0.25) is 0 Å². The SMILES string of the molecule is CC(C(CN)C(F)(F)F)N(C)C(=O)OC(C)(C)C. The van der Waals surface area contributed by atoms with E-state index in [4.69, 9.17) is 10.5 Å². The van der Waals surface area contributed by atoms with Crippen molar-refractivity contribution < 1.29 is 22.7 Å². The van der Waals surface area contributed by atoms with Crippen LogP contribution < -0.4 is 5.73 Å². The number of nitrogens with two attached hydrogens (primary N) is 1. The van der Waals surface area contributed by atoms with E-state index in [0.717, 1.165) is 4.90 Å². The number of nitrogens with zero attached hydrogens (tertiary/aromatic N) is 1. The minimum atomic E-state index is -4.44. The molecule has 0 bridgehead atoms. The third-order valence-electron chi connectivity index (χ3n) is 2.55. The Morgan fingerprint density at radius 3 is 2.06 bits per heavy atom. The normalized spacial score (nSPS) is 16.1. The third kappa shape index (κ3) is 5.12. The Kier molecular flexibility index (Phi) is 5.46. The molecule has 0 saturated heterocycles. The molecular weight excluding hydrogens is 249 g/mol. The van der Waals surface area contributed by atoms with Crippen LogP contribution in [0, 0.1) is 5.92 Å². The van der Waals surface area contributed by atoms with E-state index in [1.54, 1.807) is 20.8 Å². The fraction of sp³-hybridized carbons (Fsp3) is 0.909. The minimum absolute atomic E-state index is 0.572. The van der Waals surface area contributed by atoms with Crippen molar-refractivity contribution in [3.05, 3.63) is 0 Å². The summed E-state index contributed by atoms with van der Waals surface area (Å²) in [6.45, 7) is 5.67. The Bertz CT molecular complexity index is 287. The molecule has 0 radical (unpaired) electrons. The average molecular weight is 270 g/mol. The standard InChI is InChI=1S/C11H21F3N2O2/c1-7(8(6-15)11(12,13)14)16(5)9(17)18-10(2,3)4/h7-8H,6,15H2,1-5H3. The van der Waals surface area contributed by atoms with E-state index in [-0.39, 0.29) is 0 Å². The Morgan fingerprint density at radius 2 is 1.78 bits per heavy atom. The molecular formula is C11H21F3N2O2. The first-order chi connectivity index (χ1) is 7.90. The summed E-state index contributed by atoms with van der Waals surface area (Å²) in [6.07, 6.45) is -5.23. The van der Waals surface area contributed by atoms with Gasteiger partial charge in [-0.25, -0.2) is 4.79 Å². The quantitative estimate of drug-likeness (QED) is 0.856. The van der Waals surface area contributed by atoms with Crippen molar-refractivity contribution in [2.24, 2.45) is 11.7 Å². The van der Waals surface area contributed by atoms with Gasteiger partial charge in [-0.1, -0.05) is 0 Å². The van der Waals surface area contributed by atoms with Gasteiger partial charge >= 0.3 is 12.3 Å². The van der Waals surface area contributed by atoms with Crippen LogP contribution in [0.4, 0.5) is 18.0 Å². The van der Waals surface area contributed by atoms with Crippen molar-refractivity contribution in [1.29, 1.82) is 0 Å². The summed E-state index contributed by atoms with van der Waals surface area (Å²) < 4.78 is 43.0. The molecule has 0 saturated carbocycles. The summed E-state index contributed by atoms with van der Waals surface area (Å²) in [5.41, 5.74) is 4.38. The van der Waals surface area contributed by atoms with Gasteiger partial charge in [0.05, 0.1) is 5.92 Å². The van der Waals surface area contributed by atoms with E-state index < -0.39 is 36.4 Å². The van der Waals surface area contributed by atoms with Crippen LogP contribution in [0.25, 0.3) is 0 Å². The van der Waals surface area contributed by atoms with Crippen LogP contribution in [0.2, 0.25) is 0 Å². The first-order valence-electron chi connectivity index (χ1n) is 5.62. The Morgan fingerprint density at radius 1 is 1.33 bits per heavy atom. The average Bonchev–Trinajstić information content (AvgIpc) is 2.12. The highest BCUT2D eigenvalue weighted by atomic mass is 19.4. The fourth-order valence-electron chi connectivity index (χ4n) is 1.37. The van der Waals surface area contributed by atoms with Crippen LogP contribution >= 0.6 is 0 Å². The zero-order valence-electron chi connectivity index (χ0n) is 11.3. The zero-order chi connectivity index (χ0) is 14.7. The lowest BCUT2D eigenvalue weighted by Crippen LogP contribution is -2.49. The predicted molar refractivity (Wildman–Crippen MR) is 62.1 cm³/mol. The highest BCUT2D eigenvalue weighted by Gasteiger charge is 2.44. The molecule has 18 heavy (non-hydrogen) atoms. The molecule has 0 aromatic carbocycles. The zero-order valence-corrected chi connectivity index (χ0v) is 11.3. The second-order valence-corrected chi connectivity index (χ2v) is 5.22. The maximum Gasteiger partial charge on any atom is 0.410 e. The first kappa shape index (κ1) is 17.0. The van der Waals surface area contributed by atoms with E-state index in [1.165, 1.54) is 14.0 Å². The van der Waals surface area contributed by atoms with Crippen molar-refractivity contribution in [1.82, 2.24) is 4.90 Å². The second kappa shape index (κ2) is 5.77. The molecule has 0 fully saturated rings. The molecule has 0 rings (SSSR count). The lowest BCUT2D eigenvalue weighted by molar-refractivity contribution is -0.184. The third-order valence-corrected chi connectivity index (χ3v) is 2.55. The van der Waals surface area contributed by atoms with Crippen molar-refractivity contribution in [2.75, 3.05) is 13.6 Å². The van der Waals surface area contributed by atoms with Gasteiger partial charge in [-0.3, -0.25) is 0 Å². The van der Waals surface area contributed by atoms with Gasteiger partial charge in [0.15, 0.2) is 0 Å². The topological polar surface area (TPSA) is 55.6 Å². The maximum absolute atomic E-state index is 12.7. The fourth-order valence-corrected chi connectivity index (χ4v) is 1.37. The molecule has 0 aliphatic carbocycles. The largest absolute Gasteiger partial charge is 0.444 e. The van der Waals surface area contributed by atoms with E-state index in [9.17, 15) is 18.0 Å². The molecule has 4 nitrogen and oxygen atoms in total. The van der Waals surface area contributed by atoms with Crippen molar-refractivity contribution in [3.8, 4) is 0 Å². The van der Waals surface area contributed by atoms with E-state index in [2.05, 4.69) is 0 Å².